The van der Waals surface area contributed by atoms with Crippen LogP contribution in [0.2, 0.25) is 0 Å². The van der Waals surface area contributed by atoms with Gasteiger partial charge in [0, 0.05) is 19.4 Å². The molecule has 35 heavy (non-hydrogen) atoms. The maximum atomic E-state index is 13.1. The second-order valence-corrected chi connectivity index (χ2v) is 11.4. The monoisotopic (exact) mass is 519 g/mol. The Kier molecular flexibility index (Phi) is 6.74. The number of benzene rings is 2. The lowest BCUT2D eigenvalue weighted by atomic mass is 9.87. The Labute approximate surface area is 206 Å². The van der Waals surface area contributed by atoms with Crippen molar-refractivity contribution in [2.45, 2.75) is 47.9 Å². The number of hydroxylamine groups is 2. The maximum Gasteiger partial charge on any atom is 0.326 e. The average molecular weight is 520 g/mol. The van der Waals surface area contributed by atoms with Crippen LogP contribution >= 0.6 is 11.9 Å². The molecule has 2 saturated heterocycles. The van der Waals surface area contributed by atoms with Crippen LogP contribution in [0.3, 0.4) is 0 Å². The molecule has 0 spiro atoms. The lowest BCUT2D eigenvalue weighted by molar-refractivity contribution is -0.593. The van der Waals surface area contributed by atoms with Crippen LogP contribution in [0.4, 0.5) is 0 Å². The fourth-order valence-electron chi connectivity index (χ4n) is 4.16. The number of nitrogens with one attached hydrogen (secondary N) is 2. The van der Waals surface area contributed by atoms with Gasteiger partial charge in [-0.25, -0.2) is 18.4 Å². The van der Waals surface area contributed by atoms with Crippen LogP contribution in [0.5, 0.6) is 0 Å². The normalized spacial score (nSPS) is 23.8. The van der Waals surface area contributed by atoms with E-state index in [1.165, 1.54) is 12.1 Å². The maximum absolute atomic E-state index is 13.1. The number of rotatable bonds is 7. The Bertz CT molecular complexity index is 1260. The van der Waals surface area contributed by atoms with Crippen LogP contribution in [-0.2, 0) is 37.4 Å². The molecule has 0 aromatic heterocycles. The van der Waals surface area contributed by atoms with Gasteiger partial charge in [0.15, 0.2) is 0 Å². The first-order chi connectivity index (χ1) is 16.4. The molecule has 0 radical (unpaired) electrons. The van der Waals surface area contributed by atoms with Crippen molar-refractivity contribution in [2.75, 3.05) is 0 Å². The van der Waals surface area contributed by atoms with Crippen LogP contribution in [0.25, 0.3) is 0 Å². The van der Waals surface area contributed by atoms with Crippen molar-refractivity contribution in [3.8, 4) is 0 Å². The lowest BCUT2D eigenvalue weighted by Gasteiger charge is -2.36. The first-order valence-electron chi connectivity index (χ1n) is 10.7. The zero-order valence-corrected chi connectivity index (χ0v) is 20.1. The van der Waals surface area contributed by atoms with E-state index < -0.39 is 30.9 Å². The second kappa shape index (κ2) is 9.33. The molecule has 2 aliphatic heterocycles. The summed E-state index contributed by atoms with van der Waals surface area (Å²) in [6.07, 6.45) is 0.568. The van der Waals surface area contributed by atoms with E-state index in [2.05, 4.69) is 10.6 Å². The summed E-state index contributed by atoms with van der Waals surface area (Å²) in [6.45, 7) is 0.123. The number of carbonyl (C=O) groups is 3. The first-order valence-corrected chi connectivity index (χ1v) is 13.1. The smallest absolute Gasteiger partial charge is 0.326 e. The molecular formula is C22H23N4O7S2-. The number of sulfonamides is 1. The number of nitrogens with zero attached hydrogens (tertiary/aromatic N) is 1. The van der Waals surface area contributed by atoms with Crippen molar-refractivity contribution in [3.63, 3.8) is 0 Å². The summed E-state index contributed by atoms with van der Waals surface area (Å²) in [6, 6.07) is 12.7. The fourth-order valence-corrected chi connectivity index (χ4v) is 5.70. The number of carbonyl (C=O) groups excluding carboxylic acids is 3. The van der Waals surface area contributed by atoms with Crippen molar-refractivity contribution in [1.29, 1.82) is 0 Å². The minimum atomic E-state index is -3.82. The minimum Gasteiger partial charge on any atom is -0.612 e. The van der Waals surface area contributed by atoms with Gasteiger partial charge in [0.2, 0.25) is 21.8 Å². The summed E-state index contributed by atoms with van der Waals surface area (Å²) in [5, 5.41) is 33.3. The molecule has 2 aliphatic rings. The van der Waals surface area contributed by atoms with Gasteiger partial charge in [0.1, 0.15) is 5.54 Å². The largest absolute Gasteiger partial charge is 0.612 e. The van der Waals surface area contributed by atoms with Crippen LogP contribution in [-0.4, -0.2) is 35.9 Å². The molecule has 4 rings (SSSR count). The Morgan fingerprint density at radius 2 is 1.74 bits per heavy atom. The van der Waals surface area contributed by atoms with E-state index in [1.807, 2.05) is 0 Å². The SMILES string of the molecule is NS(=O)(=O)c1ccc(CNC(=O)C2(Cc3ccc(C4CC(=O)[N+]([O-])([O-])S4)cc3)CCC(=O)N2)cc1. The molecule has 2 unspecified atom stereocenters. The topological polar surface area (TPSA) is 182 Å². The lowest BCUT2D eigenvalue weighted by Crippen LogP contribution is -2.55. The van der Waals surface area contributed by atoms with Crippen LogP contribution < -0.4 is 15.8 Å². The highest BCUT2D eigenvalue weighted by atomic mass is 32.2. The molecule has 3 amide bonds. The third-order valence-electron chi connectivity index (χ3n) is 6.09. The van der Waals surface area contributed by atoms with Gasteiger partial charge in [-0.1, -0.05) is 36.4 Å². The Morgan fingerprint density at radius 1 is 1.11 bits per heavy atom. The Morgan fingerprint density at radius 3 is 2.26 bits per heavy atom. The van der Waals surface area contributed by atoms with Gasteiger partial charge in [0.25, 0.3) is 0 Å². The number of quaternary nitrogens is 1. The first kappa shape index (κ1) is 25.3. The molecular weight excluding hydrogens is 496 g/mol. The second-order valence-electron chi connectivity index (χ2n) is 8.61. The summed E-state index contributed by atoms with van der Waals surface area (Å²) < 4.78 is 20.6. The molecule has 13 heteroatoms. The van der Waals surface area contributed by atoms with Gasteiger partial charge in [-0.15, -0.1) is 0 Å². The molecule has 2 aromatic rings. The molecule has 2 fully saturated rings. The van der Waals surface area contributed by atoms with E-state index in [1.54, 1.807) is 36.4 Å². The molecule has 2 atom stereocenters. The standard InChI is InChI=1S/C22H23N4O7S2/c23-35(32,33)17-7-3-15(4-8-17)13-24-21(29)22(10-9-19(27)25-22)12-14-1-5-16(6-2-14)18-11-20(28)26(30,31)34-18/h1-8,18H,9-13H2,(H,24,29)(H,25,27)(H2,23,32,33)/q-1. The molecule has 0 aliphatic carbocycles. The summed E-state index contributed by atoms with van der Waals surface area (Å²) in [4.78, 5) is 36.7. The van der Waals surface area contributed by atoms with E-state index in [4.69, 9.17) is 5.14 Å². The third-order valence-corrected chi connectivity index (χ3v) is 8.19. The Hall–Kier alpha value is -2.81. The number of hydrogen-bond acceptors (Lipinski definition) is 8. The van der Waals surface area contributed by atoms with Gasteiger partial charge in [-0.05, 0) is 35.2 Å². The zero-order chi connectivity index (χ0) is 25.4. The molecule has 0 bridgehead atoms. The van der Waals surface area contributed by atoms with E-state index in [9.17, 15) is 33.2 Å². The predicted molar refractivity (Wildman–Crippen MR) is 127 cm³/mol. The fraction of sp³-hybridized carbons (Fsp3) is 0.318. The van der Waals surface area contributed by atoms with Crippen LogP contribution in [0, 0.1) is 10.4 Å². The highest BCUT2D eigenvalue weighted by Gasteiger charge is 2.44. The van der Waals surface area contributed by atoms with E-state index >= 15 is 0 Å². The Balaban J connectivity index is 1.44. The highest BCUT2D eigenvalue weighted by molar-refractivity contribution is 7.94. The predicted octanol–water partition coefficient (Wildman–Crippen LogP) is 1.27. The zero-order valence-electron chi connectivity index (χ0n) is 18.4. The third kappa shape index (κ3) is 5.55. The summed E-state index contributed by atoms with van der Waals surface area (Å²) >= 11 is 0.494. The van der Waals surface area contributed by atoms with Crippen molar-refractivity contribution >= 4 is 39.7 Å². The molecule has 2 heterocycles. The van der Waals surface area contributed by atoms with Gasteiger partial charge in [-0.3, -0.25) is 13.8 Å². The van der Waals surface area contributed by atoms with E-state index in [0.29, 0.717) is 29.5 Å². The van der Waals surface area contributed by atoms with Gasteiger partial charge in [0.05, 0.1) is 28.5 Å². The van der Waals surface area contributed by atoms with Gasteiger partial charge >= 0.3 is 5.91 Å². The summed E-state index contributed by atoms with van der Waals surface area (Å²) in [5.41, 5.74) is 0.913. The molecule has 186 valence electrons. The molecule has 11 nitrogen and oxygen atoms in total. The summed E-state index contributed by atoms with van der Waals surface area (Å²) in [5.74, 6) is -1.54. The molecule has 0 saturated carbocycles. The van der Waals surface area contributed by atoms with Gasteiger partial charge in [-0.2, -0.15) is 0 Å². The van der Waals surface area contributed by atoms with E-state index in [0.717, 1.165) is 5.56 Å². The number of nitrogens with two attached hydrogens (primary N) is 1. The average Bonchev–Trinajstić information content (AvgIpc) is 3.31. The van der Waals surface area contributed by atoms with Crippen LogP contribution in [0.1, 0.15) is 41.2 Å². The van der Waals surface area contributed by atoms with Crippen molar-refractivity contribution < 1.29 is 27.0 Å². The van der Waals surface area contributed by atoms with Gasteiger partial charge < -0.3 is 21.0 Å². The highest BCUT2D eigenvalue weighted by Crippen LogP contribution is 2.46. The van der Waals surface area contributed by atoms with E-state index in [-0.39, 0.29) is 42.5 Å². The van der Waals surface area contributed by atoms with Crippen molar-refractivity contribution in [2.24, 2.45) is 5.14 Å². The quantitative estimate of drug-likeness (QED) is 0.278. The molecule has 4 N–H and O–H groups in total. The van der Waals surface area contributed by atoms with Crippen molar-refractivity contribution in [1.82, 2.24) is 10.6 Å². The molecule has 2 aromatic carbocycles. The minimum absolute atomic E-state index is 0.0361. The summed E-state index contributed by atoms with van der Waals surface area (Å²) in [7, 11) is -3.82. The number of hydrogen-bond donors (Lipinski definition) is 3. The number of primary sulfonamides is 1. The van der Waals surface area contributed by atoms with Crippen LogP contribution in [0.15, 0.2) is 53.4 Å². The van der Waals surface area contributed by atoms with Crippen molar-refractivity contribution in [3.05, 3.63) is 75.6 Å². The number of amides is 3.